The summed E-state index contributed by atoms with van der Waals surface area (Å²) < 4.78 is 12.5. The minimum Gasteiger partial charge on any atom is -0.381 e. The van der Waals surface area contributed by atoms with Crippen molar-refractivity contribution in [2.75, 3.05) is 20.3 Å². The van der Waals surface area contributed by atoms with Gasteiger partial charge in [0.25, 0.3) is 0 Å². The first-order valence-electron chi connectivity index (χ1n) is 9.76. The van der Waals surface area contributed by atoms with Crippen LogP contribution in [0.3, 0.4) is 0 Å². The Balaban J connectivity index is 1.88. The lowest BCUT2D eigenvalue weighted by atomic mass is 9.84. The molecule has 156 valence electrons. The van der Waals surface area contributed by atoms with E-state index in [2.05, 4.69) is 11.4 Å². The first-order valence-corrected chi connectivity index (χ1v) is 11.5. The van der Waals surface area contributed by atoms with Gasteiger partial charge in [-0.15, -0.1) is 11.3 Å². The zero-order chi connectivity index (χ0) is 21.2. The summed E-state index contributed by atoms with van der Waals surface area (Å²) in [4.78, 5) is 25.9. The monoisotopic (exact) mass is 432 g/mol. The lowest BCUT2D eigenvalue weighted by Gasteiger charge is -2.35. The van der Waals surface area contributed by atoms with Crippen LogP contribution in [0.4, 0.5) is 0 Å². The minimum absolute atomic E-state index is 0.0161. The largest absolute Gasteiger partial charge is 0.381 e. The van der Waals surface area contributed by atoms with E-state index in [0.717, 1.165) is 21.9 Å². The fourth-order valence-corrected chi connectivity index (χ4v) is 5.60. The summed E-state index contributed by atoms with van der Waals surface area (Å²) in [5.41, 5.74) is 1.35. The van der Waals surface area contributed by atoms with Crippen molar-refractivity contribution in [2.45, 2.75) is 55.2 Å². The summed E-state index contributed by atoms with van der Waals surface area (Å²) in [6.45, 7) is 8.55. The molecular formula is C23H28O4S2. The van der Waals surface area contributed by atoms with Crippen LogP contribution in [0.1, 0.15) is 66.8 Å². The van der Waals surface area contributed by atoms with Crippen molar-refractivity contribution >= 4 is 34.7 Å². The van der Waals surface area contributed by atoms with E-state index in [1.165, 1.54) is 12.5 Å². The zero-order valence-corrected chi connectivity index (χ0v) is 19.3. The number of rotatable bonds is 6. The Morgan fingerprint density at radius 1 is 1.14 bits per heavy atom. The van der Waals surface area contributed by atoms with E-state index < -0.39 is 5.41 Å². The predicted molar refractivity (Wildman–Crippen MR) is 117 cm³/mol. The molecule has 0 radical (unpaired) electrons. The standard InChI is InChI=1S/C23H28O4S2/c1-15(24)18-7-6-17(13-19(18)21(25)22(2,3)4)29-20-12-16(14-28-20)23(26-5)8-10-27-11-9-23/h6-7,12-14H,8-11H2,1-5H3. The molecule has 0 aliphatic carbocycles. The van der Waals surface area contributed by atoms with Crippen molar-refractivity contribution < 1.29 is 19.1 Å². The maximum Gasteiger partial charge on any atom is 0.168 e. The summed E-state index contributed by atoms with van der Waals surface area (Å²) in [5.74, 6) is -0.105. The van der Waals surface area contributed by atoms with E-state index in [4.69, 9.17) is 9.47 Å². The third-order valence-electron chi connectivity index (χ3n) is 5.31. The molecule has 0 amide bonds. The molecule has 0 saturated carbocycles. The quantitative estimate of drug-likeness (QED) is 0.525. The average Bonchev–Trinajstić information content (AvgIpc) is 3.16. The number of Topliss-reactive ketones (excluding diaryl/α,β-unsaturated/α-hetero) is 2. The molecule has 1 fully saturated rings. The summed E-state index contributed by atoms with van der Waals surface area (Å²) in [7, 11) is 1.76. The first-order chi connectivity index (χ1) is 13.7. The van der Waals surface area contributed by atoms with Crippen LogP contribution < -0.4 is 0 Å². The van der Waals surface area contributed by atoms with Gasteiger partial charge in [-0.25, -0.2) is 0 Å². The maximum absolute atomic E-state index is 12.9. The first kappa shape index (κ1) is 22.2. The molecule has 0 bridgehead atoms. The number of ketones is 2. The Bertz CT molecular complexity index is 902. The number of hydrogen-bond acceptors (Lipinski definition) is 6. The van der Waals surface area contributed by atoms with Gasteiger partial charge in [-0.3, -0.25) is 9.59 Å². The highest BCUT2D eigenvalue weighted by atomic mass is 32.2. The number of benzene rings is 1. The van der Waals surface area contributed by atoms with Crippen molar-refractivity contribution in [1.29, 1.82) is 0 Å². The predicted octanol–water partition coefficient (Wildman–Crippen LogP) is 5.98. The van der Waals surface area contributed by atoms with Gasteiger partial charge >= 0.3 is 0 Å². The molecule has 1 saturated heterocycles. The smallest absolute Gasteiger partial charge is 0.168 e. The highest BCUT2D eigenvalue weighted by molar-refractivity contribution is 8.01. The molecule has 0 atom stereocenters. The zero-order valence-electron chi connectivity index (χ0n) is 17.7. The van der Waals surface area contributed by atoms with Crippen LogP contribution in [-0.4, -0.2) is 31.9 Å². The van der Waals surface area contributed by atoms with E-state index in [0.29, 0.717) is 24.3 Å². The molecule has 0 N–H and O–H groups in total. The molecule has 3 rings (SSSR count). The van der Waals surface area contributed by atoms with Crippen LogP contribution in [0.25, 0.3) is 0 Å². The summed E-state index contributed by atoms with van der Waals surface area (Å²) in [6.07, 6.45) is 1.70. The summed E-state index contributed by atoms with van der Waals surface area (Å²) >= 11 is 3.28. The molecule has 0 unspecified atom stereocenters. The number of carbonyl (C=O) groups is 2. The average molecular weight is 433 g/mol. The lowest BCUT2D eigenvalue weighted by Crippen LogP contribution is -2.35. The van der Waals surface area contributed by atoms with Gasteiger partial charge in [0.15, 0.2) is 11.6 Å². The second-order valence-electron chi connectivity index (χ2n) is 8.41. The minimum atomic E-state index is -0.544. The highest BCUT2D eigenvalue weighted by Gasteiger charge is 2.35. The molecule has 1 aromatic heterocycles. The Morgan fingerprint density at radius 2 is 1.83 bits per heavy atom. The third-order valence-corrected chi connectivity index (χ3v) is 7.38. The normalized spacial score (nSPS) is 16.6. The summed E-state index contributed by atoms with van der Waals surface area (Å²) in [5, 5.41) is 2.16. The van der Waals surface area contributed by atoms with Gasteiger partial charge in [0.1, 0.15) is 0 Å². The topological polar surface area (TPSA) is 52.6 Å². The Labute approximate surface area is 181 Å². The Morgan fingerprint density at radius 3 is 2.41 bits per heavy atom. The van der Waals surface area contributed by atoms with Crippen LogP contribution >= 0.6 is 23.1 Å². The molecule has 0 spiro atoms. The van der Waals surface area contributed by atoms with E-state index in [9.17, 15) is 9.59 Å². The number of thiophene rings is 1. The fraction of sp³-hybridized carbons (Fsp3) is 0.478. The number of methoxy groups -OCH3 is 1. The van der Waals surface area contributed by atoms with Crippen molar-refractivity contribution in [3.8, 4) is 0 Å². The van der Waals surface area contributed by atoms with Crippen molar-refractivity contribution in [3.05, 3.63) is 46.3 Å². The van der Waals surface area contributed by atoms with Gasteiger partial charge in [0.05, 0.1) is 9.81 Å². The van der Waals surface area contributed by atoms with E-state index in [1.54, 1.807) is 36.3 Å². The lowest BCUT2D eigenvalue weighted by molar-refractivity contribution is -0.0946. The molecule has 2 aromatic rings. The molecule has 1 aliphatic rings. The second-order valence-corrected chi connectivity index (χ2v) is 10.7. The molecule has 6 heteroatoms. The number of carbonyl (C=O) groups excluding carboxylic acids is 2. The van der Waals surface area contributed by atoms with Crippen LogP contribution in [0.5, 0.6) is 0 Å². The molecule has 1 aromatic carbocycles. The SMILES string of the molecule is COC1(c2csc(Sc3ccc(C(C)=O)c(C(=O)C(C)(C)C)c3)c2)CCOCC1. The third kappa shape index (κ3) is 4.82. The van der Waals surface area contributed by atoms with Crippen LogP contribution in [0, 0.1) is 5.41 Å². The van der Waals surface area contributed by atoms with Crippen molar-refractivity contribution in [3.63, 3.8) is 0 Å². The van der Waals surface area contributed by atoms with Crippen LogP contribution in [0.2, 0.25) is 0 Å². The van der Waals surface area contributed by atoms with E-state index in [1.807, 2.05) is 32.9 Å². The maximum atomic E-state index is 12.9. The van der Waals surface area contributed by atoms with Gasteiger partial charge in [0, 0.05) is 54.6 Å². The molecule has 1 aliphatic heterocycles. The molecular weight excluding hydrogens is 404 g/mol. The van der Waals surface area contributed by atoms with Gasteiger partial charge in [-0.05, 0) is 42.1 Å². The van der Waals surface area contributed by atoms with E-state index >= 15 is 0 Å². The fourth-order valence-electron chi connectivity index (χ4n) is 3.52. The molecule has 2 heterocycles. The van der Waals surface area contributed by atoms with Crippen molar-refractivity contribution in [2.24, 2.45) is 5.41 Å². The molecule has 4 nitrogen and oxygen atoms in total. The Kier molecular flexibility index (Phi) is 6.68. The highest BCUT2D eigenvalue weighted by Crippen LogP contribution is 2.42. The van der Waals surface area contributed by atoms with Crippen molar-refractivity contribution in [1.82, 2.24) is 0 Å². The summed E-state index contributed by atoms with van der Waals surface area (Å²) in [6, 6.07) is 7.72. The van der Waals surface area contributed by atoms with Gasteiger partial charge in [-0.2, -0.15) is 0 Å². The number of hydrogen-bond donors (Lipinski definition) is 0. The second kappa shape index (κ2) is 8.72. The van der Waals surface area contributed by atoms with Crippen LogP contribution in [0.15, 0.2) is 38.8 Å². The van der Waals surface area contributed by atoms with Gasteiger partial charge < -0.3 is 9.47 Å². The van der Waals surface area contributed by atoms with E-state index in [-0.39, 0.29) is 17.2 Å². The number of ether oxygens (including phenoxy) is 2. The molecule has 29 heavy (non-hydrogen) atoms. The Hall–Kier alpha value is -1.47. The van der Waals surface area contributed by atoms with Gasteiger partial charge in [-0.1, -0.05) is 32.5 Å². The van der Waals surface area contributed by atoms with Gasteiger partial charge in [0.2, 0.25) is 0 Å². The van der Waals surface area contributed by atoms with Crippen LogP contribution in [-0.2, 0) is 15.1 Å².